The van der Waals surface area contributed by atoms with Gasteiger partial charge in [-0.05, 0) is 49.1 Å². The van der Waals surface area contributed by atoms with Crippen molar-refractivity contribution in [1.82, 2.24) is 5.06 Å². The highest BCUT2D eigenvalue weighted by Crippen LogP contribution is 2.45. The number of nitrogens with zero attached hydrogens (tertiary/aromatic N) is 3. The molecule has 184 valence electrons. The van der Waals surface area contributed by atoms with Gasteiger partial charge in [-0.25, -0.2) is 4.79 Å². The fourth-order valence-corrected chi connectivity index (χ4v) is 5.73. The predicted molar refractivity (Wildman–Crippen MR) is 143 cm³/mol. The van der Waals surface area contributed by atoms with Gasteiger partial charge < -0.3 is 9.74 Å². The normalized spacial score (nSPS) is 16.3. The standard InChI is InChI=1S/C29H30N3O3S/c1-21-15-16-27(33)32(21)35-29(34)14-4-3-9-18-31-19-17-22(23-10-5-6-11-24(23)31)20-28-30(2)25-12-7-8-13-26(25)36-28/h5-8,10-13,17,19-20H,1,3-4,9,14-16,18H2,2H3/q+1. The summed E-state index contributed by atoms with van der Waals surface area (Å²) in [6.45, 7) is 4.64. The molecule has 2 aliphatic heterocycles. The number of thioether (sulfide) groups is 1. The van der Waals surface area contributed by atoms with Gasteiger partial charge in [0, 0.05) is 43.3 Å². The summed E-state index contributed by atoms with van der Waals surface area (Å²) in [5, 5.41) is 3.49. The van der Waals surface area contributed by atoms with Crippen LogP contribution in [0.5, 0.6) is 0 Å². The van der Waals surface area contributed by atoms with E-state index in [0.29, 0.717) is 25.0 Å². The number of anilines is 1. The van der Waals surface area contributed by atoms with E-state index in [9.17, 15) is 9.59 Å². The number of hydrogen-bond donors (Lipinski definition) is 0. The van der Waals surface area contributed by atoms with E-state index in [2.05, 4.69) is 90.0 Å². The van der Waals surface area contributed by atoms with Gasteiger partial charge in [-0.15, -0.1) is 5.06 Å². The van der Waals surface area contributed by atoms with Gasteiger partial charge in [-0.3, -0.25) is 4.79 Å². The van der Waals surface area contributed by atoms with Gasteiger partial charge in [0.15, 0.2) is 6.20 Å². The van der Waals surface area contributed by atoms with E-state index in [0.717, 1.165) is 30.9 Å². The fourth-order valence-electron chi connectivity index (χ4n) is 4.63. The lowest BCUT2D eigenvalue weighted by atomic mass is 10.1. The van der Waals surface area contributed by atoms with E-state index in [1.807, 2.05) is 0 Å². The molecule has 5 rings (SSSR count). The minimum absolute atomic E-state index is 0.196. The van der Waals surface area contributed by atoms with E-state index in [1.165, 1.54) is 32.1 Å². The van der Waals surface area contributed by atoms with Crippen LogP contribution in [0, 0.1) is 0 Å². The second kappa shape index (κ2) is 10.6. The average Bonchev–Trinajstić information content (AvgIpc) is 3.38. The van der Waals surface area contributed by atoms with E-state index >= 15 is 0 Å². The van der Waals surface area contributed by atoms with Crippen molar-refractivity contribution in [2.45, 2.75) is 50.0 Å². The molecule has 2 aromatic carbocycles. The van der Waals surface area contributed by atoms with Gasteiger partial charge in [0.25, 0.3) is 5.91 Å². The Hall–Kier alpha value is -3.58. The molecule has 0 unspecified atom stereocenters. The Morgan fingerprint density at radius 3 is 2.69 bits per heavy atom. The van der Waals surface area contributed by atoms with Crippen molar-refractivity contribution in [2.75, 3.05) is 11.9 Å². The van der Waals surface area contributed by atoms with Gasteiger partial charge in [0.2, 0.25) is 5.52 Å². The Labute approximate surface area is 215 Å². The first kappa shape index (κ1) is 24.1. The number of fused-ring (bicyclic) bond motifs is 2. The lowest BCUT2D eigenvalue weighted by molar-refractivity contribution is -0.671. The molecule has 0 saturated carbocycles. The highest BCUT2D eigenvalue weighted by atomic mass is 32.2. The van der Waals surface area contributed by atoms with Crippen molar-refractivity contribution < 1.29 is 19.0 Å². The third-order valence-electron chi connectivity index (χ3n) is 6.62. The Morgan fingerprint density at radius 2 is 1.89 bits per heavy atom. The van der Waals surface area contributed by atoms with Crippen molar-refractivity contribution >= 4 is 46.3 Å². The van der Waals surface area contributed by atoms with Crippen LogP contribution in [-0.2, 0) is 21.0 Å². The van der Waals surface area contributed by atoms with Gasteiger partial charge in [-0.1, -0.05) is 42.6 Å². The molecular weight excluding hydrogens is 470 g/mol. The number of hydroxylamine groups is 2. The smallest absolute Gasteiger partial charge is 0.333 e. The molecule has 1 aromatic heterocycles. The third kappa shape index (κ3) is 5.02. The zero-order valence-electron chi connectivity index (χ0n) is 20.5. The van der Waals surface area contributed by atoms with Crippen LogP contribution in [-0.4, -0.2) is 24.0 Å². The van der Waals surface area contributed by atoms with Crippen LogP contribution in [0.25, 0.3) is 17.0 Å². The quantitative estimate of drug-likeness (QED) is 0.288. The summed E-state index contributed by atoms with van der Waals surface area (Å²) in [4.78, 5) is 32.5. The molecule has 36 heavy (non-hydrogen) atoms. The maximum Gasteiger partial charge on any atom is 0.333 e. The van der Waals surface area contributed by atoms with Gasteiger partial charge in [-0.2, -0.15) is 4.57 Å². The Morgan fingerprint density at radius 1 is 1.08 bits per heavy atom. The minimum Gasteiger partial charge on any atom is -0.338 e. The SMILES string of the molecule is C=C1CCC(=O)N1OC(=O)CCCCC[n+]1ccc(C=C2Sc3ccccc3N2C)c2ccccc21. The zero-order valence-corrected chi connectivity index (χ0v) is 21.3. The van der Waals surface area contributed by atoms with Gasteiger partial charge in [0.1, 0.15) is 6.54 Å². The summed E-state index contributed by atoms with van der Waals surface area (Å²) in [5.74, 6) is -0.572. The number of benzene rings is 2. The molecule has 0 aliphatic carbocycles. The fraction of sp³-hybridized carbons (Fsp3) is 0.276. The number of unbranched alkanes of at least 4 members (excludes halogenated alkanes) is 2. The Balaban J connectivity index is 1.20. The molecular formula is C29H30N3O3S+. The molecule has 2 aliphatic rings. The minimum atomic E-state index is -0.376. The van der Waals surface area contributed by atoms with Gasteiger partial charge >= 0.3 is 5.97 Å². The molecule has 1 fully saturated rings. The first-order valence-electron chi connectivity index (χ1n) is 12.4. The number of aromatic nitrogens is 1. The number of pyridine rings is 1. The van der Waals surface area contributed by atoms with Crippen LogP contribution >= 0.6 is 11.8 Å². The number of allylic oxidation sites excluding steroid dienone is 1. The zero-order chi connectivity index (χ0) is 25.1. The molecule has 1 saturated heterocycles. The molecule has 3 aromatic rings. The monoisotopic (exact) mass is 500 g/mol. The first-order valence-corrected chi connectivity index (χ1v) is 13.2. The van der Waals surface area contributed by atoms with Gasteiger partial charge in [0.05, 0.1) is 21.8 Å². The highest BCUT2D eigenvalue weighted by molar-refractivity contribution is 8.03. The number of aryl methyl sites for hydroxylation is 1. The van der Waals surface area contributed by atoms with E-state index < -0.39 is 0 Å². The van der Waals surface area contributed by atoms with Crippen LogP contribution in [0.3, 0.4) is 0 Å². The number of carbonyl (C=O) groups is 2. The van der Waals surface area contributed by atoms with Crippen molar-refractivity contribution in [3.63, 3.8) is 0 Å². The maximum atomic E-state index is 12.1. The topological polar surface area (TPSA) is 53.7 Å². The first-order chi connectivity index (χ1) is 17.5. The highest BCUT2D eigenvalue weighted by Gasteiger charge is 2.28. The second-order valence-corrected chi connectivity index (χ2v) is 10.2. The molecule has 7 heteroatoms. The van der Waals surface area contributed by atoms with Crippen LogP contribution in [0.2, 0.25) is 0 Å². The average molecular weight is 501 g/mol. The number of amides is 1. The van der Waals surface area contributed by atoms with Crippen LogP contribution < -0.4 is 9.47 Å². The predicted octanol–water partition coefficient (Wildman–Crippen LogP) is 5.82. The Bertz CT molecular complexity index is 1350. The van der Waals surface area contributed by atoms with E-state index in [1.54, 1.807) is 11.8 Å². The summed E-state index contributed by atoms with van der Waals surface area (Å²) in [7, 11) is 2.12. The molecule has 6 nitrogen and oxygen atoms in total. The summed E-state index contributed by atoms with van der Waals surface area (Å²) in [6.07, 6.45) is 8.20. The van der Waals surface area contributed by atoms with Crippen LogP contribution in [0.1, 0.15) is 44.1 Å². The maximum absolute atomic E-state index is 12.1. The lowest BCUT2D eigenvalue weighted by Gasteiger charge is -2.15. The molecule has 0 spiro atoms. The largest absolute Gasteiger partial charge is 0.338 e. The van der Waals surface area contributed by atoms with Crippen LogP contribution in [0.15, 0.2) is 83.0 Å². The number of hydrogen-bond acceptors (Lipinski definition) is 5. The lowest BCUT2D eigenvalue weighted by Crippen LogP contribution is -2.34. The van der Waals surface area contributed by atoms with Crippen LogP contribution in [0.4, 0.5) is 5.69 Å². The van der Waals surface area contributed by atoms with E-state index in [-0.39, 0.29) is 11.9 Å². The van der Waals surface area contributed by atoms with Crippen molar-refractivity contribution in [2.24, 2.45) is 0 Å². The molecule has 1 amide bonds. The summed E-state index contributed by atoms with van der Waals surface area (Å²) in [5.41, 5.74) is 4.19. The molecule has 0 N–H and O–H groups in total. The van der Waals surface area contributed by atoms with Crippen molar-refractivity contribution in [3.8, 4) is 0 Å². The second-order valence-electron chi connectivity index (χ2n) is 9.12. The number of para-hydroxylation sites is 2. The summed E-state index contributed by atoms with van der Waals surface area (Å²) < 4.78 is 2.28. The van der Waals surface area contributed by atoms with E-state index in [4.69, 9.17) is 4.84 Å². The number of rotatable bonds is 8. The summed E-state index contributed by atoms with van der Waals surface area (Å²) in [6, 6.07) is 19.2. The molecule has 3 heterocycles. The molecule has 0 atom stereocenters. The van der Waals surface area contributed by atoms with Crippen molar-refractivity contribution in [1.29, 1.82) is 0 Å². The summed E-state index contributed by atoms with van der Waals surface area (Å²) >= 11 is 1.80. The van der Waals surface area contributed by atoms with Crippen molar-refractivity contribution in [3.05, 3.63) is 83.7 Å². The molecule has 0 bridgehead atoms. The Kier molecular flexibility index (Phi) is 7.09. The third-order valence-corrected chi connectivity index (χ3v) is 7.79. The molecule has 0 radical (unpaired) electrons. The number of carbonyl (C=O) groups excluding carboxylic acids is 2.